The van der Waals surface area contributed by atoms with E-state index in [1.54, 1.807) is 6.07 Å². The van der Waals surface area contributed by atoms with E-state index < -0.39 is 0 Å². The smallest absolute Gasteiger partial charge is 0.135 e. The summed E-state index contributed by atoms with van der Waals surface area (Å²) in [5, 5.41) is 4.34. The minimum Gasteiger partial charge on any atom is -0.384 e. The van der Waals surface area contributed by atoms with Gasteiger partial charge in [0.1, 0.15) is 18.0 Å². The molecule has 0 bridgehead atoms. The summed E-state index contributed by atoms with van der Waals surface area (Å²) >= 11 is 0. The van der Waals surface area contributed by atoms with Crippen molar-refractivity contribution in [2.24, 2.45) is 0 Å². The van der Waals surface area contributed by atoms with E-state index in [2.05, 4.69) is 20.3 Å². The Kier molecular flexibility index (Phi) is 2.15. The minimum absolute atomic E-state index is 0.448. The van der Waals surface area contributed by atoms with Crippen molar-refractivity contribution in [2.45, 2.75) is 0 Å². The van der Waals surface area contributed by atoms with Crippen molar-refractivity contribution in [3.8, 4) is 0 Å². The molecule has 1 aromatic carbocycles. The highest BCUT2D eigenvalue weighted by molar-refractivity contribution is 5.93. The van der Waals surface area contributed by atoms with Crippen LogP contribution in [0, 0.1) is 0 Å². The second kappa shape index (κ2) is 3.79. The lowest BCUT2D eigenvalue weighted by atomic mass is 10.2. The van der Waals surface area contributed by atoms with Gasteiger partial charge in [0.05, 0.1) is 0 Å². The van der Waals surface area contributed by atoms with E-state index in [4.69, 9.17) is 5.73 Å². The number of aromatic nitrogens is 3. The molecule has 0 spiro atoms. The SMILES string of the molecule is Nc1cc(Nc2cccc3[nH]ccc23)ncn1. The molecule has 3 aromatic rings. The number of nitrogen functional groups attached to an aromatic ring is 1. The predicted octanol–water partition coefficient (Wildman–Crippen LogP) is 2.28. The summed E-state index contributed by atoms with van der Waals surface area (Å²) in [5.74, 6) is 1.13. The number of nitrogens with zero attached hydrogens (tertiary/aromatic N) is 2. The van der Waals surface area contributed by atoms with E-state index in [1.807, 2.05) is 30.5 Å². The highest BCUT2D eigenvalue weighted by Gasteiger charge is 2.02. The second-order valence-electron chi connectivity index (χ2n) is 3.70. The molecule has 5 nitrogen and oxygen atoms in total. The molecule has 5 heteroatoms. The number of hydrogen-bond donors (Lipinski definition) is 3. The molecule has 0 fully saturated rings. The summed E-state index contributed by atoms with van der Waals surface area (Å²) in [6.45, 7) is 0. The number of hydrogen-bond acceptors (Lipinski definition) is 4. The van der Waals surface area contributed by atoms with Gasteiger partial charge in [0.15, 0.2) is 0 Å². The van der Waals surface area contributed by atoms with Crippen LogP contribution in [0.5, 0.6) is 0 Å². The summed E-state index contributed by atoms with van der Waals surface area (Å²) in [6, 6.07) is 9.71. The number of benzene rings is 1. The predicted molar refractivity (Wildman–Crippen MR) is 68.0 cm³/mol. The van der Waals surface area contributed by atoms with Gasteiger partial charge in [0, 0.05) is 28.9 Å². The van der Waals surface area contributed by atoms with Gasteiger partial charge >= 0.3 is 0 Å². The fraction of sp³-hybridized carbons (Fsp3) is 0. The van der Waals surface area contributed by atoms with Crippen molar-refractivity contribution in [3.05, 3.63) is 42.9 Å². The van der Waals surface area contributed by atoms with E-state index in [9.17, 15) is 0 Å². The lowest BCUT2D eigenvalue weighted by molar-refractivity contribution is 1.18. The zero-order valence-corrected chi connectivity index (χ0v) is 9.01. The number of H-pyrrole nitrogens is 1. The van der Waals surface area contributed by atoms with Crippen molar-refractivity contribution >= 4 is 28.2 Å². The highest BCUT2D eigenvalue weighted by Crippen LogP contribution is 2.24. The van der Waals surface area contributed by atoms with Crippen LogP contribution in [0.2, 0.25) is 0 Å². The summed E-state index contributed by atoms with van der Waals surface area (Å²) in [6.07, 6.45) is 3.35. The Hall–Kier alpha value is -2.56. The van der Waals surface area contributed by atoms with Gasteiger partial charge in [-0.25, -0.2) is 9.97 Å². The van der Waals surface area contributed by atoms with Crippen LogP contribution in [0.3, 0.4) is 0 Å². The van der Waals surface area contributed by atoms with E-state index in [0.29, 0.717) is 11.6 Å². The van der Waals surface area contributed by atoms with Crippen LogP contribution in [-0.4, -0.2) is 15.0 Å². The molecule has 0 amide bonds. The van der Waals surface area contributed by atoms with E-state index >= 15 is 0 Å². The third kappa shape index (κ3) is 1.78. The van der Waals surface area contributed by atoms with Crippen molar-refractivity contribution in [3.63, 3.8) is 0 Å². The summed E-state index contributed by atoms with van der Waals surface area (Å²) in [5.41, 5.74) is 7.68. The quantitative estimate of drug-likeness (QED) is 0.625. The maximum absolute atomic E-state index is 5.61. The van der Waals surface area contributed by atoms with Gasteiger partial charge in [0.2, 0.25) is 0 Å². The molecular weight excluding hydrogens is 214 g/mol. The van der Waals surface area contributed by atoms with Gasteiger partial charge in [-0.2, -0.15) is 0 Å². The topological polar surface area (TPSA) is 79.6 Å². The Bertz CT molecular complexity index is 659. The first-order valence-corrected chi connectivity index (χ1v) is 5.23. The molecule has 0 saturated carbocycles. The van der Waals surface area contributed by atoms with Crippen LogP contribution >= 0.6 is 0 Å². The van der Waals surface area contributed by atoms with Gasteiger partial charge in [-0.1, -0.05) is 6.07 Å². The number of anilines is 3. The summed E-state index contributed by atoms with van der Waals surface area (Å²) < 4.78 is 0. The van der Waals surface area contributed by atoms with Crippen LogP contribution < -0.4 is 11.1 Å². The molecular formula is C12H11N5. The minimum atomic E-state index is 0.448. The normalized spacial score (nSPS) is 10.6. The van der Waals surface area contributed by atoms with E-state index in [0.717, 1.165) is 16.6 Å². The number of rotatable bonds is 2. The Morgan fingerprint density at radius 1 is 1.18 bits per heavy atom. The fourth-order valence-electron chi connectivity index (χ4n) is 1.77. The number of nitrogens with two attached hydrogens (primary N) is 1. The first kappa shape index (κ1) is 9.65. The van der Waals surface area contributed by atoms with Crippen LogP contribution in [-0.2, 0) is 0 Å². The third-order valence-corrected chi connectivity index (χ3v) is 2.55. The average Bonchev–Trinajstić information content (AvgIpc) is 2.78. The Balaban J connectivity index is 2.02. The summed E-state index contributed by atoms with van der Waals surface area (Å²) in [4.78, 5) is 11.1. The molecule has 2 heterocycles. The zero-order valence-electron chi connectivity index (χ0n) is 9.01. The van der Waals surface area contributed by atoms with Gasteiger partial charge in [0.25, 0.3) is 0 Å². The Morgan fingerprint density at radius 2 is 2.12 bits per heavy atom. The largest absolute Gasteiger partial charge is 0.384 e. The number of aromatic amines is 1. The van der Waals surface area contributed by atoms with E-state index in [1.165, 1.54) is 6.33 Å². The fourth-order valence-corrected chi connectivity index (χ4v) is 1.77. The molecule has 0 aliphatic rings. The lowest BCUT2D eigenvalue weighted by Gasteiger charge is -2.06. The number of fused-ring (bicyclic) bond motifs is 1. The molecule has 0 aliphatic heterocycles. The van der Waals surface area contributed by atoms with Crippen molar-refractivity contribution in [2.75, 3.05) is 11.1 Å². The first-order valence-electron chi connectivity index (χ1n) is 5.23. The van der Waals surface area contributed by atoms with Gasteiger partial charge in [-0.15, -0.1) is 0 Å². The maximum atomic E-state index is 5.61. The van der Waals surface area contributed by atoms with E-state index in [-0.39, 0.29) is 0 Å². The van der Waals surface area contributed by atoms with Crippen molar-refractivity contribution in [1.82, 2.24) is 15.0 Å². The molecule has 0 saturated heterocycles. The maximum Gasteiger partial charge on any atom is 0.135 e. The van der Waals surface area contributed by atoms with Gasteiger partial charge in [-0.3, -0.25) is 0 Å². The van der Waals surface area contributed by atoms with Crippen LogP contribution in [0.4, 0.5) is 17.3 Å². The zero-order chi connectivity index (χ0) is 11.7. The molecule has 2 aromatic heterocycles. The van der Waals surface area contributed by atoms with Crippen LogP contribution in [0.25, 0.3) is 10.9 Å². The van der Waals surface area contributed by atoms with Crippen molar-refractivity contribution in [1.29, 1.82) is 0 Å². The van der Waals surface area contributed by atoms with Gasteiger partial charge in [-0.05, 0) is 18.2 Å². The standard InChI is InChI=1S/C12H11N5/c13-11-6-12(16-7-15-11)17-10-3-1-2-9-8(10)4-5-14-9/h1-7,14H,(H3,13,15,16,17). The lowest BCUT2D eigenvalue weighted by Crippen LogP contribution is -1.97. The molecule has 4 N–H and O–H groups in total. The van der Waals surface area contributed by atoms with Crippen LogP contribution in [0.15, 0.2) is 42.9 Å². The third-order valence-electron chi connectivity index (χ3n) is 2.55. The van der Waals surface area contributed by atoms with Crippen LogP contribution in [0.1, 0.15) is 0 Å². The average molecular weight is 225 g/mol. The molecule has 17 heavy (non-hydrogen) atoms. The molecule has 0 atom stereocenters. The number of nitrogens with one attached hydrogen (secondary N) is 2. The van der Waals surface area contributed by atoms with Gasteiger partial charge < -0.3 is 16.0 Å². The molecule has 3 rings (SSSR count). The highest BCUT2D eigenvalue weighted by atomic mass is 15.0. The first-order chi connectivity index (χ1) is 8.33. The molecule has 0 aliphatic carbocycles. The Labute approximate surface area is 97.7 Å². The molecule has 0 unspecified atom stereocenters. The molecule has 84 valence electrons. The molecule has 0 radical (unpaired) electrons. The van der Waals surface area contributed by atoms with Crippen molar-refractivity contribution < 1.29 is 0 Å². The Morgan fingerprint density at radius 3 is 3.00 bits per heavy atom. The second-order valence-corrected chi connectivity index (χ2v) is 3.70. The summed E-state index contributed by atoms with van der Waals surface area (Å²) in [7, 11) is 0. The monoisotopic (exact) mass is 225 g/mol.